The van der Waals surface area contributed by atoms with E-state index in [9.17, 15) is 4.79 Å². The first kappa shape index (κ1) is 11.5. The van der Waals surface area contributed by atoms with Gasteiger partial charge < -0.3 is 4.74 Å². The number of halogens is 1. The van der Waals surface area contributed by atoms with Crippen LogP contribution in [0.3, 0.4) is 0 Å². The molecule has 0 radical (unpaired) electrons. The maximum atomic E-state index is 11.3. The summed E-state index contributed by atoms with van der Waals surface area (Å²) in [5.74, 6) is -0.141. The van der Waals surface area contributed by atoms with Gasteiger partial charge in [0.2, 0.25) is 0 Å². The van der Waals surface area contributed by atoms with Gasteiger partial charge in [0.1, 0.15) is 0 Å². The van der Waals surface area contributed by atoms with Crippen LogP contribution in [-0.4, -0.2) is 32.8 Å². The molecule has 2 heterocycles. The summed E-state index contributed by atoms with van der Waals surface area (Å²) in [4.78, 5) is 19.3. The highest BCUT2D eigenvalue weighted by atomic mass is 35.5. The Balaban J connectivity index is 2.42. The van der Waals surface area contributed by atoms with Gasteiger partial charge in [-0.05, 0) is 6.92 Å². The van der Waals surface area contributed by atoms with Crippen molar-refractivity contribution in [3.8, 4) is 5.82 Å². The minimum absolute atomic E-state index is 0.120. The number of hydrogen-bond acceptors (Lipinski definition) is 5. The smallest absolute Gasteiger partial charge is 0.358 e. The molecule has 88 valence electrons. The predicted molar refractivity (Wildman–Crippen MR) is 60.2 cm³/mol. The molecule has 6 nitrogen and oxygen atoms in total. The van der Waals surface area contributed by atoms with E-state index in [0.717, 1.165) is 0 Å². The molecular weight excluding hydrogens is 244 g/mol. The highest BCUT2D eigenvalue weighted by Gasteiger charge is 2.11. The predicted octanol–water partition coefficient (Wildman–Crippen LogP) is 1.41. The summed E-state index contributed by atoms with van der Waals surface area (Å²) in [5, 5.41) is 4.66. The fourth-order valence-electron chi connectivity index (χ4n) is 1.23. The molecule has 0 aliphatic heterocycles. The van der Waals surface area contributed by atoms with Crippen molar-refractivity contribution in [3.05, 3.63) is 35.0 Å². The normalized spacial score (nSPS) is 10.3. The summed E-state index contributed by atoms with van der Waals surface area (Å²) in [5.41, 5.74) is 0.797. The molecule has 0 bridgehead atoms. The van der Waals surface area contributed by atoms with Crippen LogP contribution in [0.25, 0.3) is 5.82 Å². The van der Waals surface area contributed by atoms with Crippen molar-refractivity contribution in [1.82, 2.24) is 19.7 Å². The minimum Gasteiger partial charge on any atom is -0.464 e. The average Bonchev–Trinajstić information content (AvgIpc) is 2.69. The Morgan fingerprint density at radius 1 is 1.47 bits per heavy atom. The van der Waals surface area contributed by atoms with Crippen molar-refractivity contribution < 1.29 is 9.53 Å². The molecule has 0 N–H and O–H groups in total. The summed E-state index contributed by atoms with van der Waals surface area (Å²) in [7, 11) is 1.28. The second kappa shape index (κ2) is 4.50. The molecule has 17 heavy (non-hydrogen) atoms. The summed E-state index contributed by atoms with van der Waals surface area (Å²) < 4.78 is 6.01. The Morgan fingerprint density at radius 2 is 2.24 bits per heavy atom. The zero-order chi connectivity index (χ0) is 12.4. The fourth-order valence-corrected chi connectivity index (χ4v) is 1.36. The molecule has 0 saturated carbocycles. The molecule has 0 unspecified atom stereocenters. The third kappa shape index (κ3) is 2.26. The molecule has 2 aromatic heterocycles. The van der Waals surface area contributed by atoms with Gasteiger partial charge in [0.25, 0.3) is 0 Å². The van der Waals surface area contributed by atoms with Crippen molar-refractivity contribution in [1.29, 1.82) is 0 Å². The quantitative estimate of drug-likeness (QED) is 0.756. The van der Waals surface area contributed by atoms with Gasteiger partial charge in [0.15, 0.2) is 11.5 Å². The number of aromatic nitrogens is 4. The third-order valence-electron chi connectivity index (χ3n) is 2.09. The van der Waals surface area contributed by atoms with E-state index >= 15 is 0 Å². The van der Waals surface area contributed by atoms with Gasteiger partial charge in [0, 0.05) is 0 Å². The summed E-state index contributed by atoms with van der Waals surface area (Å²) in [6.07, 6.45) is 4.41. The van der Waals surface area contributed by atoms with Gasteiger partial charge in [-0.3, -0.25) is 4.98 Å². The van der Waals surface area contributed by atoms with Crippen molar-refractivity contribution in [3.63, 3.8) is 0 Å². The number of methoxy groups -OCH3 is 1. The number of carbonyl (C=O) groups is 1. The second-order valence-corrected chi connectivity index (χ2v) is 3.67. The second-order valence-electron chi connectivity index (χ2n) is 3.26. The van der Waals surface area contributed by atoms with Gasteiger partial charge in [-0.2, -0.15) is 5.10 Å². The lowest BCUT2D eigenvalue weighted by Gasteiger charge is -2.01. The first-order valence-electron chi connectivity index (χ1n) is 4.74. The monoisotopic (exact) mass is 252 g/mol. The molecule has 0 amide bonds. The number of rotatable bonds is 2. The molecule has 2 aromatic rings. The van der Waals surface area contributed by atoms with Crippen LogP contribution >= 0.6 is 11.6 Å². The van der Waals surface area contributed by atoms with Crippen LogP contribution in [0.1, 0.15) is 16.2 Å². The van der Waals surface area contributed by atoms with Gasteiger partial charge in [-0.25, -0.2) is 14.5 Å². The Hall–Kier alpha value is -1.95. The molecule has 7 heteroatoms. The third-order valence-corrected chi connectivity index (χ3v) is 2.46. The summed E-state index contributed by atoms with van der Waals surface area (Å²) >= 11 is 5.89. The van der Waals surface area contributed by atoms with Crippen molar-refractivity contribution in [2.45, 2.75) is 6.92 Å². The minimum atomic E-state index is -0.547. The molecule has 0 aliphatic carbocycles. The highest BCUT2D eigenvalue weighted by molar-refractivity contribution is 6.31. The maximum Gasteiger partial charge on any atom is 0.358 e. The fraction of sp³-hybridized carbons (Fsp3) is 0.200. The van der Waals surface area contributed by atoms with Crippen LogP contribution in [0.2, 0.25) is 5.02 Å². The standard InChI is InChI=1S/C10H9ClN4O2/c1-6-7(11)5-15(14-6)9-4-12-3-8(13-9)10(16)17-2/h3-5H,1-2H3. The first-order chi connectivity index (χ1) is 8.11. The highest BCUT2D eigenvalue weighted by Crippen LogP contribution is 2.14. The van der Waals surface area contributed by atoms with Crippen molar-refractivity contribution in [2.24, 2.45) is 0 Å². The van der Waals surface area contributed by atoms with E-state index in [4.69, 9.17) is 11.6 Å². The van der Waals surface area contributed by atoms with E-state index < -0.39 is 5.97 Å². The number of ether oxygens (including phenoxy) is 1. The van der Waals surface area contributed by atoms with Gasteiger partial charge >= 0.3 is 5.97 Å². The van der Waals surface area contributed by atoms with E-state index in [2.05, 4.69) is 19.8 Å². The lowest BCUT2D eigenvalue weighted by Crippen LogP contribution is -2.08. The summed E-state index contributed by atoms with van der Waals surface area (Å²) in [6.45, 7) is 1.77. The lowest BCUT2D eigenvalue weighted by atomic mass is 10.4. The Kier molecular flexibility index (Phi) is 3.06. The van der Waals surface area contributed by atoms with E-state index in [-0.39, 0.29) is 5.69 Å². The Labute approximate surface area is 102 Å². The Bertz CT molecular complexity index is 548. The number of aryl methyl sites for hydroxylation is 1. The summed E-state index contributed by atoms with van der Waals surface area (Å²) in [6, 6.07) is 0. The molecule has 0 aromatic carbocycles. The van der Waals surface area contributed by atoms with Crippen molar-refractivity contribution >= 4 is 17.6 Å². The largest absolute Gasteiger partial charge is 0.464 e. The zero-order valence-corrected chi connectivity index (χ0v) is 9.97. The molecule has 0 saturated heterocycles. The van der Waals surface area contributed by atoms with E-state index in [0.29, 0.717) is 16.5 Å². The zero-order valence-electron chi connectivity index (χ0n) is 9.22. The number of nitrogens with zero attached hydrogens (tertiary/aromatic N) is 4. The van der Waals surface area contributed by atoms with Crippen LogP contribution in [0.5, 0.6) is 0 Å². The topological polar surface area (TPSA) is 69.9 Å². The van der Waals surface area contributed by atoms with Crippen LogP contribution < -0.4 is 0 Å². The number of esters is 1. The maximum absolute atomic E-state index is 11.3. The molecule has 0 spiro atoms. The lowest BCUT2D eigenvalue weighted by molar-refractivity contribution is 0.0593. The number of carbonyl (C=O) groups excluding carboxylic acids is 1. The van der Waals surface area contributed by atoms with Crippen LogP contribution in [0, 0.1) is 6.92 Å². The van der Waals surface area contributed by atoms with Crippen LogP contribution in [-0.2, 0) is 4.74 Å². The van der Waals surface area contributed by atoms with E-state index in [1.54, 1.807) is 13.1 Å². The van der Waals surface area contributed by atoms with Crippen molar-refractivity contribution in [2.75, 3.05) is 7.11 Å². The molecular formula is C10H9ClN4O2. The SMILES string of the molecule is COC(=O)c1cncc(-n2cc(Cl)c(C)n2)n1. The molecule has 0 aliphatic rings. The number of hydrogen-bond donors (Lipinski definition) is 0. The van der Waals surface area contributed by atoms with E-state index in [1.807, 2.05) is 0 Å². The first-order valence-corrected chi connectivity index (χ1v) is 5.12. The van der Waals surface area contributed by atoms with Crippen LogP contribution in [0.15, 0.2) is 18.6 Å². The van der Waals surface area contributed by atoms with E-state index in [1.165, 1.54) is 24.2 Å². The van der Waals surface area contributed by atoms with Gasteiger partial charge in [-0.15, -0.1) is 0 Å². The van der Waals surface area contributed by atoms with Gasteiger partial charge in [0.05, 0.1) is 36.4 Å². The molecule has 0 fully saturated rings. The molecule has 2 rings (SSSR count). The van der Waals surface area contributed by atoms with Gasteiger partial charge in [-0.1, -0.05) is 11.6 Å². The molecule has 0 atom stereocenters. The van der Waals surface area contributed by atoms with Crippen LogP contribution in [0.4, 0.5) is 0 Å². The average molecular weight is 253 g/mol. The Morgan fingerprint density at radius 3 is 2.82 bits per heavy atom.